The number of hydrogen-bond donors (Lipinski definition) is 2. The molecule has 3 rings (SSSR count). The molecule has 7 heteroatoms. The third kappa shape index (κ3) is 5.10. The topological polar surface area (TPSA) is 76.7 Å². The van der Waals surface area contributed by atoms with Crippen LogP contribution in [0.2, 0.25) is 0 Å². The predicted octanol–water partition coefficient (Wildman–Crippen LogP) is 3.49. The molecule has 0 saturated carbocycles. The van der Waals surface area contributed by atoms with Gasteiger partial charge in [0.15, 0.2) is 11.5 Å². The Labute approximate surface area is 167 Å². The van der Waals surface area contributed by atoms with Crippen LogP contribution in [0.25, 0.3) is 0 Å². The van der Waals surface area contributed by atoms with E-state index >= 15 is 0 Å². The maximum atomic E-state index is 13.6. The normalized spacial score (nSPS) is 10.1. The molecule has 0 fully saturated rings. The lowest BCUT2D eigenvalue weighted by molar-refractivity contribution is 0.0844. The van der Waals surface area contributed by atoms with Crippen molar-refractivity contribution < 1.29 is 23.5 Å². The van der Waals surface area contributed by atoms with E-state index in [0.29, 0.717) is 18.1 Å². The van der Waals surface area contributed by atoms with Crippen LogP contribution >= 0.6 is 0 Å². The van der Waals surface area contributed by atoms with Gasteiger partial charge in [-0.2, -0.15) is 0 Å². The van der Waals surface area contributed by atoms with Crippen molar-refractivity contribution in [2.45, 2.75) is 6.61 Å². The standard InChI is InChI=1S/C22H19FN2O4/c1-28-20-13-16(11-12-19(20)29-14-15-7-3-2-4-8-15)21(26)24-25-22(27)17-9-5-6-10-18(17)23/h2-13H,14H2,1H3,(H,24,26)(H,25,27). The summed E-state index contributed by atoms with van der Waals surface area (Å²) in [6, 6.07) is 19.7. The van der Waals surface area contributed by atoms with E-state index in [1.165, 1.54) is 37.4 Å². The molecule has 0 saturated heterocycles. The molecule has 0 atom stereocenters. The first kappa shape index (κ1) is 19.9. The van der Waals surface area contributed by atoms with Crippen molar-refractivity contribution in [3.63, 3.8) is 0 Å². The van der Waals surface area contributed by atoms with E-state index in [4.69, 9.17) is 9.47 Å². The number of methoxy groups -OCH3 is 1. The average molecular weight is 394 g/mol. The molecule has 2 amide bonds. The van der Waals surface area contributed by atoms with Crippen LogP contribution in [-0.2, 0) is 6.61 Å². The van der Waals surface area contributed by atoms with Crippen molar-refractivity contribution in [3.8, 4) is 11.5 Å². The number of benzene rings is 3. The molecule has 29 heavy (non-hydrogen) atoms. The van der Waals surface area contributed by atoms with Gasteiger partial charge in [-0.15, -0.1) is 0 Å². The molecular weight excluding hydrogens is 375 g/mol. The van der Waals surface area contributed by atoms with Gasteiger partial charge in [0.1, 0.15) is 12.4 Å². The summed E-state index contributed by atoms with van der Waals surface area (Å²) in [4.78, 5) is 24.3. The lowest BCUT2D eigenvalue weighted by Gasteiger charge is -2.13. The Bertz CT molecular complexity index is 1010. The van der Waals surface area contributed by atoms with Crippen molar-refractivity contribution >= 4 is 11.8 Å². The van der Waals surface area contributed by atoms with Crippen molar-refractivity contribution in [1.82, 2.24) is 10.9 Å². The summed E-state index contributed by atoms with van der Waals surface area (Å²) in [5.74, 6) is -1.17. The second kappa shape index (κ2) is 9.36. The molecule has 0 spiro atoms. The summed E-state index contributed by atoms with van der Waals surface area (Å²) in [7, 11) is 1.46. The Kier molecular flexibility index (Phi) is 6.42. The monoisotopic (exact) mass is 394 g/mol. The van der Waals surface area contributed by atoms with Gasteiger partial charge in [0.25, 0.3) is 11.8 Å². The zero-order chi connectivity index (χ0) is 20.6. The highest BCUT2D eigenvalue weighted by molar-refractivity contribution is 5.99. The molecule has 6 nitrogen and oxygen atoms in total. The Balaban J connectivity index is 1.63. The first-order valence-corrected chi connectivity index (χ1v) is 8.78. The Morgan fingerprint density at radius 3 is 2.28 bits per heavy atom. The molecule has 0 heterocycles. The molecule has 3 aromatic carbocycles. The van der Waals surface area contributed by atoms with E-state index in [0.717, 1.165) is 11.6 Å². The van der Waals surface area contributed by atoms with Crippen molar-refractivity contribution in [2.24, 2.45) is 0 Å². The molecule has 3 aromatic rings. The third-order valence-corrected chi connectivity index (χ3v) is 4.07. The quantitative estimate of drug-likeness (QED) is 0.628. The molecule has 0 unspecified atom stereocenters. The molecule has 0 aliphatic rings. The van der Waals surface area contributed by atoms with Crippen LogP contribution in [0, 0.1) is 5.82 Å². The molecule has 0 bridgehead atoms. The average Bonchev–Trinajstić information content (AvgIpc) is 2.76. The number of halogens is 1. The summed E-state index contributed by atoms with van der Waals surface area (Å²) in [6.45, 7) is 0.349. The molecule has 0 radical (unpaired) electrons. The summed E-state index contributed by atoms with van der Waals surface area (Å²) in [6.07, 6.45) is 0. The highest BCUT2D eigenvalue weighted by atomic mass is 19.1. The molecule has 148 valence electrons. The van der Waals surface area contributed by atoms with E-state index < -0.39 is 17.6 Å². The fourth-order valence-corrected chi connectivity index (χ4v) is 2.56. The summed E-state index contributed by atoms with van der Waals surface area (Å²) >= 11 is 0. The largest absolute Gasteiger partial charge is 0.493 e. The summed E-state index contributed by atoms with van der Waals surface area (Å²) in [5.41, 5.74) is 5.50. The zero-order valence-electron chi connectivity index (χ0n) is 15.6. The maximum Gasteiger partial charge on any atom is 0.272 e. The van der Waals surface area contributed by atoms with E-state index in [2.05, 4.69) is 10.9 Å². The van der Waals surface area contributed by atoms with Crippen molar-refractivity contribution in [3.05, 3.63) is 95.3 Å². The van der Waals surface area contributed by atoms with Gasteiger partial charge in [0.05, 0.1) is 12.7 Å². The van der Waals surface area contributed by atoms with Crippen LogP contribution in [0.15, 0.2) is 72.8 Å². The maximum absolute atomic E-state index is 13.6. The molecule has 0 aromatic heterocycles. The Morgan fingerprint density at radius 1 is 0.862 bits per heavy atom. The van der Waals surface area contributed by atoms with E-state index in [-0.39, 0.29) is 11.1 Å². The second-order valence-corrected chi connectivity index (χ2v) is 6.03. The van der Waals surface area contributed by atoms with Gasteiger partial charge < -0.3 is 9.47 Å². The minimum atomic E-state index is -0.758. The first-order valence-electron chi connectivity index (χ1n) is 8.78. The number of carbonyl (C=O) groups excluding carboxylic acids is 2. The van der Waals surface area contributed by atoms with Crippen molar-refractivity contribution in [2.75, 3.05) is 7.11 Å². The van der Waals surface area contributed by atoms with Crippen LogP contribution in [-0.4, -0.2) is 18.9 Å². The SMILES string of the molecule is COc1cc(C(=O)NNC(=O)c2ccccc2F)ccc1OCc1ccccc1. The third-order valence-electron chi connectivity index (χ3n) is 4.07. The minimum Gasteiger partial charge on any atom is -0.493 e. The molecule has 0 aliphatic heterocycles. The number of nitrogens with one attached hydrogen (secondary N) is 2. The molecule has 0 aliphatic carbocycles. The van der Waals surface area contributed by atoms with E-state index in [9.17, 15) is 14.0 Å². The van der Waals surface area contributed by atoms with Gasteiger partial charge in [0, 0.05) is 5.56 Å². The van der Waals surface area contributed by atoms with Gasteiger partial charge in [-0.3, -0.25) is 20.4 Å². The van der Waals surface area contributed by atoms with Crippen LogP contribution in [0.5, 0.6) is 11.5 Å². The van der Waals surface area contributed by atoms with Crippen LogP contribution in [0.3, 0.4) is 0 Å². The number of amides is 2. The molecule has 2 N–H and O–H groups in total. The highest BCUT2D eigenvalue weighted by Crippen LogP contribution is 2.28. The van der Waals surface area contributed by atoms with Gasteiger partial charge in [0.2, 0.25) is 0 Å². The van der Waals surface area contributed by atoms with Gasteiger partial charge in [-0.25, -0.2) is 4.39 Å². The number of ether oxygens (including phenoxy) is 2. The van der Waals surface area contributed by atoms with Crippen LogP contribution < -0.4 is 20.3 Å². The Hall–Kier alpha value is -3.87. The Morgan fingerprint density at radius 2 is 1.55 bits per heavy atom. The number of hydrogen-bond acceptors (Lipinski definition) is 4. The fourth-order valence-electron chi connectivity index (χ4n) is 2.56. The van der Waals surface area contributed by atoms with Crippen molar-refractivity contribution in [1.29, 1.82) is 0 Å². The highest BCUT2D eigenvalue weighted by Gasteiger charge is 2.14. The number of carbonyl (C=O) groups is 2. The van der Waals surface area contributed by atoms with Gasteiger partial charge >= 0.3 is 0 Å². The lowest BCUT2D eigenvalue weighted by Crippen LogP contribution is -2.41. The summed E-state index contributed by atoms with van der Waals surface area (Å²) in [5, 5.41) is 0. The fraction of sp³-hybridized carbons (Fsp3) is 0.0909. The van der Waals surface area contributed by atoms with Crippen LogP contribution in [0.1, 0.15) is 26.3 Å². The van der Waals surface area contributed by atoms with Crippen LogP contribution in [0.4, 0.5) is 4.39 Å². The predicted molar refractivity (Wildman–Crippen MR) is 105 cm³/mol. The minimum absolute atomic E-state index is 0.171. The number of rotatable bonds is 6. The lowest BCUT2D eigenvalue weighted by atomic mass is 10.2. The van der Waals surface area contributed by atoms with E-state index in [1.54, 1.807) is 6.07 Å². The van der Waals surface area contributed by atoms with Gasteiger partial charge in [-0.1, -0.05) is 42.5 Å². The number of hydrazine groups is 1. The first-order chi connectivity index (χ1) is 14.1. The molecular formula is C22H19FN2O4. The summed E-state index contributed by atoms with van der Waals surface area (Å²) < 4.78 is 24.7. The van der Waals surface area contributed by atoms with Gasteiger partial charge in [-0.05, 0) is 35.9 Å². The zero-order valence-corrected chi connectivity index (χ0v) is 15.6. The second-order valence-electron chi connectivity index (χ2n) is 6.03. The van der Waals surface area contributed by atoms with E-state index in [1.807, 2.05) is 30.3 Å². The smallest absolute Gasteiger partial charge is 0.272 e.